The lowest BCUT2D eigenvalue weighted by atomic mass is 10.1. The van der Waals surface area contributed by atoms with E-state index in [9.17, 15) is 18.8 Å². The SMILES string of the molecule is COC(=O)c1ccc(CN2C(=O)NC(=Cc3ccc(OCc4ccccc4F)c(OC)c3)C2=O)o1. The highest BCUT2D eigenvalue weighted by Crippen LogP contribution is 2.30. The van der Waals surface area contributed by atoms with E-state index < -0.39 is 17.9 Å². The summed E-state index contributed by atoms with van der Waals surface area (Å²) >= 11 is 0. The van der Waals surface area contributed by atoms with E-state index >= 15 is 0 Å². The third kappa shape index (κ3) is 5.16. The summed E-state index contributed by atoms with van der Waals surface area (Å²) in [5, 5.41) is 2.52. The monoisotopic (exact) mass is 480 g/mol. The van der Waals surface area contributed by atoms with Crippen molar-refractivity contribution in [3.05, 3.63) is 88.8 Å². The highest BCUT2D eigenvalue weighted by molar-refractivity contribution is 6.13. The second kappa shape index (κ2) is 10.1. The first kappa shape index (κ1) is 23.6. The number of hydrogen-bond acceptors (Lipinski definition) is 7. The Morgan fingerprint density at radius 3 is 2.63 bits per heavy atom. The number of imide groups is 1. The minimum atomic E-state index is -0.663. The smallest absolute Gasteiger partial charge is 0.373 e. The average Bonchev–Trinajstić information content (AvgIpc) is 3.44. The van der Waals surface area contributed by atoms with Crippen LogP contribution in [0.2, 0.25) is 0 Å². The van der Waals surface area contributed by atoms with Gasteiger partial charge in [-0.05, 0) is 42.0 Å². The minimum Gasteiger partial charge on any atom is -0.493 e. The van der Waals surface area contributed by atoms with Crippen molar-refractivity contribution in [1.82, 2.24) is 10.2 Å². The lowest BCUT2D eigenvalue weighted by Crippen LogP contribution is -2.30. The fraction of sp³-hybridized carbons (Fsp3) is 0.160. The van der Waals surface area contributed by atoms with Gasteiger partial charge < -0.3 is 23.9 Å². The molecule has 1 aromatic heterocycles. The molecular formula is C25H21FN2O7. The lowest BCUT2D eigenvalue weighted by Gasteiger charge is -2.12. The predicted octanol–water partition coefficient (Wildman–Crippen LogP) is 3.89. The van der Waals surface area contributed by atoms with E-state index in [2.05, 4.69) is 10.1 Å². The molecule has 1 N–H and O–H groups in total. The molecule has 0 saturated carbocycles. The topological polar surface area (TPSA) is 107 Å². The molecule has 1 saturated heterocycles. The number of furan rings is 1. The Kier molecular flexibility index (Phi) is 6.81. The number of amides is 3. The van der Waals surface area contributed by atoms with Crippen LogP contribution in [0, 0.1) is 5.82 Å². The Morgan fingerprint density at radius 2 is 1.89 bits per heavy atom. The van der Waals surface area contributed by atoms with Crippen molar-refractivity contribution >= 4 is 24.0 Å². The van der Waals surface area contributed by atoms with Crippen molar-refractivity contribution in [2.45, 2.75) is 13.2 Å². The quantitative estimate of drug-likeness (QED) is 0.296. The molecule has 1 aliphatic heterocycles. The molecule has 2 aromatic carbocycles. The van der Waals surface area contributed by atoms with Crippen LogP contribution in [-0.2, 0) is 22.7 Å². The van der Waals surface area contributed by atoms with Crippen LogP contribution in [0.15, 0.2) is 64.7 Å². The Morgan fingerprint density at radius 1 is 1.09 bits per heavy atom. The largest absolute Gasteiger partial charge is 0.493 e. The van der Waals surface area contributed by atoms with Crippen LogP contribution in [0.3, 0.4) is 0 Å². The molecule has 3 amide bonds. The number of urea groups is 1. The maximum absolute atomic E-state index is 13.8. The number of ether oxygens (including phenoxy) is 3. The summed E-state index contributed by atoms with van der Waals surface area (Å²) in [6.07, 6.45) is 1.49. The van der Waals surface area contributed by atoms with Gasteiger partial charge in [-0.25, -0.2) is 14.0 Å². The summed E-state index contributed by atoms with van der Waals surface area (Å²) in [7, 11) is 2.67. The van der Waals surface area contributed by atoms with Crippen LogP contribution in [-0.4, -0.2) is 37.0 Å². The molecule has 0 bridgehead atoms. The Balaban J connectivity index is 1.47. The molecule has 0 unspecified atom stereocenters. The number of nitrogens with zero attached hydrogens (tertiary/aromatic N) is 1. The van der Waals surface area contributed by atoms with E-state index in [0.717, 1.165) is 4.90 Å². The van der Waals surface area contributed by atoms with Crippen molar-refractivity contribution < 1.29 is 37.4 Å². The maximum atomic E-state index is 13.8. The summed E-state index contributed by atoms with van der Waals surface area (Å²) in [4.78, 5) is 37.6. The summed E-state index contributed by atoms with van der Waals surface area (Å²) < 4.78 is 34.8. The second-order valence-electron chi connectivity index (χ2n) is 7.43. The number of methoxy groups -OCH3 is 2. The molecule has 1 fully saturated rings. The first-order valence-corrected chi connectivity index (χ1v) is 10.5. The number of rotatable bonds is 8. The van der Waals surface area contributed by atoms with Crippen molar-refractivity contribution in [2.24, 2.45) is 0 Å². The fourth-order valence-corrected chi connectivity index (χ4v) is 3.38. The molecule has 0 spiro atoms. The van der Waals surface area contributed by atoms with E-state index in [4.69, 9.17) is 13.9 Å². The molecule has 9 nitrogen and oxygen atoms in total. The zero-order chi connectivity index (χ0) is 24.9. The van der Waals surface area contributed by atoms with E-state index in [1.54, 1.807) is 36.4 Å². The highest BCUT2D eigenvalue weighted by atomic mass is 19.1. The zero-order valence-corrected chi connectivity index (χ0v) is 18.9. The number of carbonyl (C=O) groups excluding carboxylic acids is 3. The molecule has 0 aliphatic carbocycles. The van der Waals surface area contributed by atoms with Crippen LogP contribution >= 0.6 is 0 Å². The molecular weight excluding hydrogens is 459 g/mol. The number of halogens is 1. The van der Waals surface area contributed by atoms with Gasteiger partial charge in [0, 0.05) is 5.56 Å². The Labute approximate surface area is 199 Å². The molecule has 3 aromatic rings. The molecule has 0 atom stereocenters. The van der Waals surface area contributed by atoms with Gasteiger partial charge in [0.25, 0.3) is 5.91 Å². The number of benzene rings is 2. The van der Waals surface area contributed by atoms with Gasteiger partial charge >= 0.3 is 12.0 Å². The van der Waals surface area contributed by atoms with Gasteiger partial charge in [-0.15, -0.1) is 0 Å². The van der Waals surface area contributed by atoms with Crippen LogP contribution in [0.5, 0.6) is 11.5 Å². The summed E-state index contributed by atoms with van der Waals surface area (Å²) in [5.74, 6) is -0.628. The fourth-order valence-electron chi connectivity index (χ4n) is 3.38. The second-order valence-corrected chi connectivity index (χ2v) is 7.43. The average molecular weight is 480 g/mol. The predicted molar refractivity (Wildman–Crippen MR) is 121 cm³/mol. The maximum Gasteiger partial charge on any atom is 0.373 e. The summed E-state index contributed by atoms with van der Waals surface area (Å²) in [6, 6.07) is 13.5. The first-order chi connectivity index (χ1) is 16.9. The van der Waals surface area contributed by atoms with Gasteiger partial charge in [-0.3, -0.25) is 9.69 Å². The van der Waals surface area contributed by atoms with Gasteiger partial charge in [-0.1, -0.05) is 24.3 Å². The first-order valence-electron chi connectivity index (χ1n) is 10.5. The molecule has 0 radical (unpaired) electrons. The minimum absolute atomic E-state index is 0.0114. The number of nitrogens with one attached hydrogen (secondary N) is 1. The van der Waals surface area contributed by atoms with Gasteiger partial charge in [0.05, 0.1) is 20.8 Å². The highest BCUT2D eigenvalue weighted by Gasteiger charge is 2.34. The molecule has 2 heterocycles. The van der Waals surface area contributed by atoms with E-state index in [1.165, 1.54) is 38.5 Å². The van der Waals surface area contributed by atoms with Crippen LogP contribution in [0.25, 0.3) is 6.08 Å². The molecule has 10 heteroatoms. The van der Waals surface area contributed by atoms with Crippen LogP contribution in [0.1, 0.15) is 27.4 Å². The number of carbonyl (C=O) groups is 3. The van der Waals surface area contributed by atoms with Gasteiger partial charge in [0.15, 0.2) is 11.5 Å². The van der Waals surface area contributed by atoms with Crippen molar-refractivity contribution in [3.8, 4) is 11.5 Å². The van der Waals surface area contributed by atoms with Crippen LogP contribution < -0.4 is 14.8 Å². The number of esters is 1. The molecule has 1 aliphatic rings. The molecule has 4 rings (SSSR count). The molecule has 35 heavy (non-hydrogen) atoms. The van der Waals surface area contributed by atoms with Crippen LogP contribution in [0.4, 0.5) is 9.18 Å². The normalized spacial score (nSPS) is 14.3. The lowest BCUT2D eigenvalue weighted by molar-refractivity contribution is -0.123. The summed E-state index contributed by atoms with van der Waals surface area (Å²) in [6.45, 7) is -0.150. The Bertz CT molecular complexity index is 1310. The Hall–Kier alpha value is -4.60. The van der Waals surface area contributed by atoms with Crippen molar-refractivity contribution in [1.29, 1.82) is 0 Å². The zero-order valence-electron chi connectivity index (χ0n) is 18.9. The standard InChI is InChI=1S/C25H21FN2O7/c1-32-22-12-15(7-9-20(22)34-14-16-5-3-4-6-18(16)26)11-19-23(29)28(25(31)27-19)13-17-8-10-21(35-17)24(30)33-2/h3-12H,13-14H2,1-2H3,(H,27,31). The van der Waals surface area contributed by atoms with Crippen molar-refractivity contribution in [2.75, 3.05) is 14.2 Å². The number of hydrogen-bond donors (Lipinski definition) is 1. The van der Waals surface area contributed by atoms with E-state index in [0.29, 0.717) is 22.6 Å². The molecule has 180 valence electrons. The van der Waals surface area contributed by atoms with Gasteiger partial charge in [-0.2, -0.15) is 0 Å². The van der Waals surface area contributed by atoms with Gasteiger partial charge in [0.2, 0.25) is 5.76 Å². The van der Waals surface area contributed by atoms with E-state index in [-0.39, 0.29) is 36.2 Å². The van der Waals surface area contributed by atoms with E-state index in [1.807, 2.05) is 0 Å². The van der Waals surface area contributed by atoms with Crippen molar-refractivity contribution in [3.63, 3.8) is 0 Å². The van der Waals surface area contributed by atoms with Gasteiger partial charge in [0.1, 0.15) is 23.9 Å². The third-order valence-electron chi connectivity index (χ3n) is 5.16. The third-order valence-corrected chi connectivity index (χ3v) is 5.16. The summed E-state index contributed by atoms with van der Waals surface area (Å²) in [5.41, 5.74) is 1.02.